The van der Waals surface area contributed by atoms with Crippen molar-refractivity contribution in [2.45, 2.75) is 34.1 Å². The van der Waals surface area contributed by atoms with Gasteiger partial charge >= 0.3 is 0 Å². The number of nitrogens with two attached hydrogens (primary N) is 1. The second-order valence-corrected chi connectivity index (χ2v) is 5.73. The predicted molar refractivity (Wildman–Crippen MR) is 81.0 cm³/mol. The van der Waals surface area contributed by atoms with Gasteiger partial charge in [-0.25, -0.2) is 0 Å². The zero-order chi connectivity index (χ0) is 13.8. The first kappa shape index (κ1) is 14.6. The molecule has 1 heteroatoms. The molecule has 0 saturated carbocycles. The Labute approximate surface area is 111 Å². The lowest BCUT2D eigenvalue weighted by Gasteiger charge is -2.30. The van der Waals surface area contributed by atoms with Gasteiger partial charge in [0, 0.05) is 11.1 Å². The Morgan fingerprint density at radius 3 is 2.61 bits per heavy atom. The highest BCUT2D eigenvalue weighted by molar-refractivity contribution is 5.42. The molecular formula is C17H25N. The molecule has 0 bridgehead atoms. The molecule has 0 aliphatic heterocycles. The van der Waals surface area contributed by atoms with Crippen molar-refractivity contribution in [2.24, 2.45) is 17.1 Å². The first-order chi connectivity index (χ1) is 8.37. The Kier molecular flexibility index (Phi) is 4.77. The van der Waals surface area contributed by atoms with Crippen molar-refractivity contribution in [3.05, 3.63) is 59.9 Å². The minimum absolute atomic E-state index is 0.0136. The zero-order valence-electron chi connectivity index (χ0n) is 12.0. The minimum Gasteiger partial charge on any atom is -0.399 e. The van der Waals surface area contributed by atoms with Crippen LogP contribution in [0.3, 0.4) is 0 Å². The Hall–Kier alpha value is -1.50. The van der Waals surface area contributed by atoms with Crippen LogP contribution < -0.4 is 5.73 Å². The molecule has 0 amide bonds. The van der Waals surface area contributed by atoms with Gasteiger partial charge in [-0.2, -0.15) is 0 Å². The zero-order valence-corrected chi connectivity index (χ0v) is 12.0. The van der Waals surface area contributed by atoms with Crippen molar-refractivity contribution in [3.63, 3.8) is 0 Å². The van der Waals surface area contributed by atoms with Gasteiger partial charge < -0.3 is 5.73 Å². The second-order valence-electron chi connectivity index (χ2n) is 5.73. The molecular weight excluding hydrogens is 218 g/mol. The van der Waals surface area contributed by atoms with Gasteiger partial charge in [-0.15, -0.1) is 6.58 Å². The van der Waals surface area contributed by atoms with Crippen molar-refractivity contribution < 1.29 is 0 Å². The van der Waals surface area contributed by atoms with Crippen LogP contribution >= 0.6 is 0 Å². The fraction of sp³-hybridized carbons (Fsp3) is 0.412. The summed E-state index contributed by atoms with van der Waals surface area (Å²) in [7, 11) is 0. The van der Waals surface area contributed by atoms with Crippen LogP contribution in [-0.2, 0) is 0 Å². The molecule has 98 valence electrons. The molecule has 1 nitrogen and oxygen atoms in total. The Morgan fingerprint density at radius 2 is 2.06 bits per heavy atom. The van der Waals surface area contributed by atoms with Crippen LogP contribution in [-0.4, -0.2) is 0 Å². The second kappa shape index (κ2) is 5.90. The number of allylic oxidation sites excluding steroid dienone is 8. The summed E-state index contributed by atoms with van der Waals surface area (Å²) in [6, 6.07) is 0. The molecule has 0 aromatic rings. The van der Waals surface area contributed by atoms with Crippen molar-refractivity contribution in [1.29, 1.82) is 0 Å². The van der Waals surface area contributed by atoms with E-state index < -0.39 is 0 Å². The van der Waals surface area contributed by atoms with Crippen LogP contribution in [0.1, 0.15) is 34.1 Å². The van der Waals surface area contributed by atoms with E-state index in [1.807, 2.05) is 18.2 Å². The highest BCUT2D eigenvalue weighted by atomic mass is 14.6. The van der Waals surface area contributed by atoms with E-state index in [1.165, 1.54) is 11.1 Å². The van der Waals surface area contributed by atoms with E-state index in [0.29, 0.717) is 5.92 Å². The van der Waals surface area contributed by atoms with E-state index in [1.54, 1.807) is 0 Å². The summed E-state index contributed by atoms with van der Waals surface area (Å²) in [6.45, 7) is 12.8. The van der Waals surface area contributed by atoms with Gasteiger partial charge in [-0.05, 0) is 42.6 Å². The maximum atomic E-state index is 5.85. The number of hydrogen-bond donors (Lipinski definition) is 1. The maximum Gasteiger partial charge on any atom is 0.0316 e. The number of rotatable bonds is 4. The highest BCUT2D eigenvalue weighted by Gasteiger charge is 2.25. The summed E-state index contributed by atoms with van der Waals surface area (Å²) < 4.78 is 0. The summed E-state index contributed by atoms with van der Waals surface area (Å²) in [4.78, 5) is 0. The summed E-state index contributed by atoms with van der Waals surface area (Å²) in [5.41, 5.74) is 9.13. The lowest BCUT2D eigenvalue weighted by atomic mass is 9.74. The first-order valence-electron chi connectivity index (χ1n) is 6.55. The molecule has 0 radical (unpaired) electrons. The quantitative estimate of drug-likeness (QED) is 0.722. The van der Waals surface area contributed by atoms with E-state index in [-0.39, 0.29) is 5.41 Å². The van der Waals surface area contributed by atoms with E-state index in [2.05, 4.69) is 52.5 Å². The molecule has 0 heterocycles. The molecule has 0 aromatic carbocycles. The average Bonchev–Trinajstić information content (AvgIpc) is 2.24. The van der Waals surface area contributed by atoms with E-state index in [9.17, 15) is 0 Å². The Balaban J connectivity index is 3.14. The lowest BCUT2D eigenvalue weighted by molar-refractivity contribution is 0.396. The van der Waals surface area contributed by atoms with Gasteiger partial charge in [0.25, 0.3) is 0 Å². The normalized spacial score (nSPS) is 29.7. The molecule has 2 N–H and O–H groups in total. The molecule has 1 aliphatic carbocycles. The van der Waals surface area contributed by atoms with Crippen LogP contribution in [0.5, 0.6) is 0 Å². The Morgan fingerprint density at radius 1 is 1.39 bits per heavy atom. The van der Waals surface area contributed by atoms with Gasteiger partial charge in [-0.3, -0.25) is 0 Å². The van der Waals surface area contributed by atoms with Crippen LogP contribution in [0.4, 0.5) is 0 Å². The summed E-state index contributed by atoms with van der Waals surface area (Å²) in [5.74, 6) is 0.637. The fourth-order valence-corrected chi connectivity index (χ4v) is 2.43. The maximum absolute atomic E-state index is 5.85. The molecule has 0 fully saturated rings. The molecule has 1 rings (SSSR count). The molecule has 18 heavy (non-hydrogen) atoms. The Bertz CT molecular complexity index is 433. The molecule has 0 spiro atoms. The van der Waals surface area contributed by atoms with Crippen LogP contribution in [0.15, 0.2) is 59.9 Å². The summed E-state index contributed by atoms with van der Waals surface area (Å²) in [6.07, 6.45) is 13.5. The van der Waals surface area contributed by atoms with E-state index in [4.69, 9.17) is 5.73 Å². The third kappa shape index (κ3) is 3.76. The third-order valence-electron chi connectivity index (χ3n) is 3.28. The van der Waals surface area contributed by atoms with Gasteiger partial charge in [0.1, 0.15) is 0 Å². The summed E-state index contributed by atoms with van der Waals surface area (Å²) >= 11 is 0. The largest absolute Gasteiger partial charge is 0.399 e. The molecule has 0 aromatic heterocycles. The van der Waals surface area contributed by atoms with Crippen LogP contribution in [0, 0.1) is 11.3 Å². The predicted octanol–water partition coefficient (Wildman–Crippen LogP) is 4.51. The first-order valence-corrected chi connectivity index (χ1v) is 6.55. The molecule has 1 atom stereocenters. The van der Waals surface area contributed by atoms with Gasteiger partial charge in [0.2, 0.25) is 0 Å². The van der Waals surface area contributed by atoms with Gasteiger partial charge in [0.05, 0.1) is 0 Å². The van der Waals surface area contributed by atoms with Crippen LogP contribution in [0.25, 0.3) is 0 Å². The SMILES string of the molecule is C=CC(C)(CC(C)C)C1=C\C(C)=C/C(N)=C\C=C\1. The smallest absolute Gasteiger partial charge is 0.0316 e. The third-order valence-corrected chi connectivity index (χ3v) is 3.28. The minimum atomic E-state index is 0.0136. The average molecular weight is 243 g/mol. The highest BCUT2D eigenvalue weighted by Crippen LogP contribution is 2.37. The van der Waals surface area contributed by atoms with E-state index in [0.717, 1.165) is 12.1 Å². The van der Waals surface area contributed by atoms with Crippen molar-refractivity contribution >= 4 is 0 Å². The number of hydrogen-bond acceptors (Lipinski definition) is 1. The standard InChI is InChI=1S/C17H25N/c1-6-17(5,12-13(2)3)15-8-7-9-16(18)11-14(4)10-15/h6-11,13H,1,12,18H2,2-5H3/b8-7+,9-7?,14-10?,14-11-,15-8?,15-10-,16-9+,16-11?. The van der Waals surface area contributed by atoms with Crippen molar-refractivity contribution in [1.82, 2.24) is 0 Å². The lowest BCUT2D eigenvalue weighted by Crippen LogP contribution is -2.18. The van der Waals surface area contributed by atoms with Gasteiger partial charge in [0.15, 0.2) is 0 Å². The van der Waals surface area contributed by atoms with E-state index >= 15 is 0 Å². The topological polar surface area (TPSA) is 26.0 Å². The van der Waals surface area contributed by atoms with Gasteiger partial charge in [-0.1, -0.05) is 45.1 Å². The molecule has 0 saturated heterocycles. The summed E-state index contributed by atoms with van der Waals surface area (Å²) in [5, 5.41) is 0. The van der Waals surface area contributed by atoms with Crippen molar-refractivity contribution in [3.8, 4) is 0 Å². The van der Waals surface area contributed by atoms with Crippen molar-refractivity contribution in [2.75, 3.05) is 0 Å². The monoisotopic (exact) mass is 243 g/mol. The molecule has 1 aliphatic rings. The fourth-order valence-electron chi connectivity index (χ4n) is 2.43. The molecule has 1 unspecified atom stereocenters. The van der Waals surface area contributed by atoms with Crippen LogP contribution in [0.2, 0.25) is 0 Å².